The van der Waals surface area contributed by atoms with E-state index in [0.717, 1.165) is 0 Å². The Morgan fingerprint density at radius 1 is 1.48 bits per heavy atom. The number of hydrogen-bond donors (Lipinski definition) is 2. The third-order valence-corrected chi connectivity index (χ3v) is 2.94. The molecule has 2 rings (SSSR count). The van der Waals surface area contributed by atoms with E-state index in [4.69, 9.17) is 15.0 Å². The Labute approximate surface area is 120 Å². The van der Waals surface area contributed by atoms with Crippen LogP contribution in [0.15, 0.2) is 21.3 Å². The number of aryl methyl sites for hydroxylation is 2. The summed E-state index contributed by atoms with van der Waals surface area (Å²) in [5.41, 5.74) is 2.65. The lowest BCUT2D eigenvalue weighted by Crippen LogP contribution is -2.30. The average molecular weight is 292 g/mol. The van der Waals surface area contributed by atoms with Crippen LogP contribution in [0.5, 0.6) is 6.01 Å². The summed E-state index contributed by atoms with van der Waals surface area (Å²) in [7, 11) is 1.43. The smallest absolute Gasteiger partial charge is 0.299 e. The number of hydrogen-bond acceptors (Lipinski definition) is 6. The molecule has 112 valence electrons. The van der Waals surface area contributed by atoms with Crippen LogP contribution in [0.4, 0.5) is 0 Å². The predicted molar refractivity (Wildman–Crippen MR) is 74.0 cm³/mol. The van der Waals surface area contributed by atoms with Crippen molar-refractivity contribution in [1.82, 2.24) is 15.0 Å². The lowest BCUT2D eigenvalue weighted by atomic mass is 10.2. The molecule has 2 heterocycles. The van der Waals surface area contributed by atoms with Crippen molar-refractivity contribution in [3.8, 4) is 6.01 Å². The second-order valence-corrected chi connectivity index (χ2v) is 4.46. The first-order valence-electron chi connectivity index (χ1n) is 6.19. The molecule has 2 aromatic heterocycles. The van der Waals surface area contributed by atoms with Gasteiger partial charge in [0.05, 0.1) is 19.2 Å². The number of nitrogens with zero attached hydrogens (tertiary/aromatic N) is 2. The van der Waals surface area contributed by atoms with Crippen molar-refractivity contribution >= 4 is 5.91 Å². The van der Waals surface area contributed by atoms with Gasteiger partial charge in [-0.15, -0.1) is 0 Å². The Morgan fingerprint density at radius 3 is 2.81 bits per heavy atom. The SMILES string of the molecule is COc1nc(C)cc(=O)n1Cc1cc(C(=O)NN)c(C)o1. The number of nitrogen functional groups attached to an aromatic ring is 1. The van der Waals surface area contributed by atoms with Gasteiger partial charge in [-0.3, -0.25) is 19.6 Å². The minimum absolute atomic E-state index is 0.105. The van der Waals surface area contributed by atoms with Crippen LogP contribution in [0.25, 0.3) is 0 Å². The van der Waals surface area contributed by atoms with Crippen LogP contribution >= 0.6 is 0 Å². The fraction of sp³-hybridized carbons (Fsp3) is 0.308. The molecule has 0 aliphatic heterocycles. The summed E-state index contributed by atoms with van der Waals surface area (Å²) in [4.78, 5) is 27.7. The highest BCUT2D eigenvalue weighted by Crippen LogP contribution is 2.16. The van der Waals surface area contributed by atoms with Crippen LogP contribution < -0.4 is 21.6 Å². The summed E-state index contributed by atoms with van der Waals surface area (Å²) in [6.07, 6.45) is 0. The summed E-state index contributed by atoms with van der Waals surface area (Å²) in [5, 5.41) is 0. The topological polar surface area (TPSA) is 112 Å². The van der Waals surface area contributed by atoms with Gasteiger partial charge in [-0.25, -0.2) is 10.8 Å². The number of nitrogens with two attached hydrogens (primary N) is 1. The summed E-state index contributed by atoms with van der Waals surface area (Å²) in [6, 6.07) is 3.11. The molecular weight excluding hydrogens is 276 g/mol. The number of nitrogens with one attached hydrogen (secondary N) is 1. The fourth-order valence-corrected chi connectivity index (χ4v) is 1.98. The zero-order valence-electron chi connectivity index (χ0n) is 12.0. The van der Waals surface area contributed by atoms with E-state index in [1.54, 1.807) is 13.8 Å². The first kappa shape index (κ1) is 14.8. The maximum Gasteiger partial charge on any atom is 0.299 e. The molecule has 3 N–H and O–H groups in total. The molecule has 2 aromatic rings. The van der Waals surface area contributed by atoms with Crippen LogP contribution in [0.2, 0.25) is 0 Å². The van der Waals surface area contributed by atoms with Gasteiger partial charge >= 0.3 is 0 Å². The van der Waals surface area contributed by atoms with Gasteiger partial charge in [0.2, 0.25) is 0 Å². The predicted octanol–water partition coefficient (Wildman–Crippen LogP) is 0.114. The van der Waals surface area contributed by atoms with Crippen molar-refractivity contribution in [2.24, 2.45) is 5.84 Å². The quantitative estimate of drug-likeness (QED) is 0.470. The van der Waals surface area contributed by atoms with Gasteiger partial charge in [0.15, 0.2) is 0 Å². The fourth-order valence-electron chi connectivity index (χ4n) is 1.98. The van der Waals surface area contributed by atoms with E-state index in [9.17, 15) is 9.59 Å². The summed E-state index contributed by atoms with van der Waals surface area (Å²) in [6.45, 7) is 3.45. The van der Waals surface area contributed by atoms with E-state index in [1.165, 1.54) is 23.8 Å². The summed E-state index contributed by atoms with van der Waals surface area (Å²) in [5.74, 6) is 5.48. The zero-order valence-corrected chi connectivity index (χ0v) is 12.0. The van der Waals surface area contributed by atoms with Crippen molar-refractivity contribution in [2.75, 3.05) is 7.11 Å². The van der Waals surface area contributed by atoms with Crippen molar-refractivity contribution in [1.29, 1.82) is 0 Å². The third-order valence-electron chi connectivity index (χ3n) is 2.94. The molecule has 0 saturated carbocycles. The molecule has 8 nitrogen and oxygen atoms in total. The van der Waals surface area contributed by atoms with Gasteiger partial charge in [-0.1, -0.05) is 0 Å². The molecule has 1 amide bonds. The van der Waals surface area contributed by atoms with Gasteiger partial charge in [0.25, 0.3) is 17.5 Å². The number of carbonyl (C=O) groups excluding carboxylic acids is 1. The molecule has 0 bridgehead atoms. The molecule has 0 radical (unpaired) electrons. The lowest BCUT2D eigenvalue weighted by Gasteiger charge is -2.09. The molecule has 8 heteroatoms. The molecule has 0 saturated heterocycles. The van der Waals surface area contributed by atoms with Crippen molar-refractivity contribution in [3.05, 3.63) is 45.3 Å². The first-order chi connectivity index (χ1) is 9.96. The number of aromatic nitrogens is 2. The maximum atomic E-state index is 12.0. The van der Waals surface area contributed by atoms with Gasteiger partial charge in [0.1, 0.15) is 11.5 Å². The number of furan rings is 1. The molecule has 21 heavy (non-hydrogen) atoms. The molecule has 0 fully saturated rings. The molecular formula is C13H16N4O4. The number of ether oxygens (including phenoxy) is 1. The number of carbonyl (C=O) groups is 1. The molecule has 0 spiro atoms. The minimum atomic E-state index is -0.455. The van der Waals surface area contributed by atoms with E-state index in [1.807, 2.05) is 5.43 Å². The third kappa shape index (κ3) is 2.95. The van der Waals surface area contributed by atoms with Crippen LogP contribution in [0.1, 0.15) is 27.6 Å². The van der Waals surface area contributed by atoms with E-state index in [-0.39, 0.29) is 18.1 Å². The van der Waals surface area contributed by atoms with E-state index >= 15 is 0 Å². The maximum absolute atomic E-state index is 12.0. The first-order valence-corrected chi connectivity index (χ1v) is 6.19. The average Bonchev–Trinajstić information content (AvgIpc) is 2.81. The van der Waals surface area contributed by atoms with Gasteiger partial charge in [0, 0.05) is 11.8 Å². The Balaban J connectivity index is 2.39. The number of hydrazine groups is 1. The van der Waals surface area contributed by atoms with Crippen molar-refractivity contribution < 1.29 is 13.9 Å². The van der Waals surface area contributed by atoms with Crippen molar-refractivity contribution in [2.45, 2.75) is 20.4 Å². The molecule has 0 aromatic carbocycles. The minimum Gasteiger partial charge on any atom is -0.468 e. The second kappa shape index (κ2) is 5.80. The highest BCUT2D eigenvalue weighted by molar-refractivity contribution is 5.94. The monoisotopic (exact) mass is 292 g/mol. The Bertz CT molecular complexity index is 732. The molecule has 0 unspecified atom stereocenters. The molecule has 0 aliphatic rings. The van der Waals surface area contributed by atoms with Crippen LogP contribution in [-0.2, 0) is 6.54 Å². The second-order valence-electron chi connectivity index (χ2n) is 4.46. The highest BCUT2D eigenvalue weighted by atomic mass is 16.5. The van der Waals surface area contributed by atoms with Crippen molar-refractivity contribution in [3.63, 3.8) is 0 Å². The number of amides is 1. The standard InChI is InChI=1S/C13H16N4O4/c1-7-4-11(18)17(13(15-7)20-3)6-9-5-10(8(2)21-9)12(19)16-14/h4-5H,6,14H2,1-3H3,(H,16,19). The zero-order chi connectivity index (χ0) is 15.6. The van der Waals surface area contributed by atoms with Crippen LogP contribution in [0.3, 0.4) is 0 Å². The Morgan fingerprint density at radius 2 is 2.19 bits per heavy atom. The van der Waals surface area contributed by atoms with Gasteiger partial charge in [-0.05, 0) is 19.9 Å². The number of methoxy groups -OCH3 is 1. The highest BCUT2D eigenvalue weighted by Gasteiger charge is 2.16. The normalized spacial score (nSPS) is 10.5. The lowest BCUT2D eigenvalue weighted by molar-refractivity contribution is 0.0952. The Hall–Kier alpha value is -2.61. The van der Waals surface area contributed by atoms with Gasteiger partial charge < -0.3 is 9.15 Å². The number of rotatable bonds is 4. The molecule has 0 aliphatic carbocycles. The Kier molecular flexibility index (Phi) is 4.08. The summed E-state index contributed by atoms with van der Waals surface area (Å²) >= 11 is 0. The van der Waals surface area contributed by atoms with E-state index < -0.39 is 5.91 Å². The summed E-state index contributed by atoms with van der Waals surface area (Å²) < 4.78 is 11.9. The van der Waals surface area contributed by atoms with Crippen LogP contribution in [0, 0.1) is 13.8 Å². The molecule has 0 atom stereocenters. The van der Waals surface area contributed by atoms with Crippen LogP contribution in [-0.4, -0.2) is 22.6 Å². The van der Waals surface area contributed by atoms with E-state index in [0.29, 0.717) is 22.8 Å². The van der Waals surface area contributed by atoms with Gasteiger partial charge in [-0.2, -0.15) is 0 Å². The van der Waals surface area contributed by atoms with E-state index in [2.05, 4.69) is 4.98 Å². The largest absolute Gasteiger partial charge is 0.468 e.